The Hall–Kier alpha value is -7.03. The predicted molar refractivity (Wildman–Crippen MR) is 222 cm³/mol. The second kappa shape index (κ2) is 11.8. The van der Waals surface area contributed by atoms with Gasteiger partial charge in [0, 0.05) is 11.3 Å². The molecule has 9 aromatic carbocycles. The van der Waals surface area contributed by atoms with E-state index in [-0.39, 0.29) is 0 Å². The number of benzene rings is 9. The summed E-state index contributed by atoms with van der Waals surface area (Å²) in [5.41, 5.74) is 16.9. The molecule has 10 aromatic rings. The summed E-state index contributed by atoms with van der Waals surface area (Å²) in [5.74, 6) is 0.934. The molecule has 2 heteroatoms. The molecular weight excluding hydrogens is 641 g/mol. The molecule has 0 radical (unpaired) electrons. The fourth-order valence-electron chi connectivity index (χ4n) is 8.80. The summed E-state index contributed by atoms with van der Waals surface area (Å²) in [6.45, 7) is 0. The van der Waals surface area contributed by atoms with Gasteiger partial charge in [-0.3, -0.25) is 4.57 Å². The minimum absolute atomic E-state index is 0.934. The van der Waals surface area contributed by atoms with E-state index >= 15 is 0 Å². The van der Waals surface area contributed by atoms with E-state index in [4.69, 9.17) is 4.98 Å². The zero-order chi connectivity index (χ0) is 34.9. The second-order valence-electron chi connectivity index (χ2n) is 13.8. The molecule has 1 aromatic heterocycles. The average Bonchev–Trinajstić information content (AvgIpc) is 3.78. The van der Waals surface area contributed by atoms with Crippen LogP contribution in [-0.2, 0) is 0 Å². The van der Waals surface area contributed by atoms with Crippen molar-refractivity contribution in [2.45, 2.75) is 0 Å². The molecule has 0 saturated carbocycles. The van der Waals surface area contributed by atoms with Gasteiger partial charge in [0.25, 0.3) is 0 Å². The maximum absolute atomic E-state index is 5.29. The summed E-state index contributed by atoms with van der Waals surface area (Å²) in [5, 5.41) is 5.09. The maximum Gasteiger partial charge on any atom is 0.146 e. The van der Waals surface area contributed by atoms with Crippen LogP contribution in [0, 0.1) is 0 Å². The summed E-state index contributed by atoms with van der Waals surface area (Å²) >= 11 is 0. The lowest BCUT2D eigenvalue weighted by Gasteiger charge is -2.20. The number of hydrogen-bond donors (Lipinski definition) is 0. The van der Waals surface area contributed by atoms with Gasteiger partial charge in [-0.15, -0.1) is 0 Å². The minimum atomic E-state index is 0.934. The number of fused-ring (bicyclic) bond motifs is 5. The van der Waals surface area contributed by atoms with Gasteiger partial charge in [0.1, 0.15) is 5.82 Å². The van der Waals surface area contributed by atoms with Gasteiger partial charge in [0.2, 0.25) is 0 Å². The molecule has 0 atom stereocenters. The Kier molecular flexibility index (Phi) is 6.59. The van der Waals surface area contributed by atoms with E-state index in [1.165, 1.54) is 71.6 Å². The molecule has 2 nitrogen and oxygen atoms in total. The molecule has 0 unspecified atom stereocenters. The van der Waals surface area contributed by atoms with Crippen molar-refractivity contribution >= 4 is 32.6 Å². The quantitative estimate of drug-likeness (QED) is 0.178. The third-order valence-electron chi connectivity index (χ3n) is 11.0. The van der Waals surface area contributed by atoms with Gasteiger partial charge in [-0.05, 0) is 101 Å². The molecule has 0 saturated heterocycles. The van der Waals surface area contributed by atoms with Crippen molar-refractivity contribution in [3.05, 3.63) is 194 Å². The Bertz CT molecular complexity index is 2940. The van der Waals surface area contributed by atoms with Crippen LogP contribution in [0.25, 0.3) is 105 Å². The maximum atomic E-state index is 5.29. The molecular formula is C51H32N2. The van der Waals surface area contributed by atoms with Crippen LogP contribution in [0.5, 0.6) is 0 Å². The van der Waals surface area contributed by atoms with Crippen molar-refractivity contribution in [1.29, 1.82) is 0 Å². The van der Waals surface area contributed by atoms with Crippen LogP contribution in [0.1, 0.15) is 0 Å². The summed E-state index contributed by atoms with van der Waals surface area (Å²) in [6, 6.07) is 70.2. The van der Waals surface area contributed by atoms with Gasteiger partial charge in [-0.2, -0.15) is 0 Å². The number of hydrogen-bond acceptors (Lipinski definition) is 1. The average molecular weight is 673 g/mol. The number of nitrogens with zero attached hydrogens (tertiary/aromatic N) is 2. The lowest BCUT2D eigenvalue weighted by atomic mass is 9.82. The Morgan fingerprint density at radius 1 is 0.321 bits per heavy atom. The standard InChI is InChI=1S/C51H32N2/c1-4-17-33(18-5-1)46-39-24-11-12-25-40(39)47(34-19-6-2-7-20-34)50-43-32-31-37(38-27-16-28-42(48(38)43)49(46)50)36-23-10-13-26-41(36)51-52-44-29-14-15-30-45(44)53(51)35-21-8-3-9-22-35/h1-32H. The Labute approximate surface area is 307 Å². The van der Waals surface area contributed by atoms with E-state index in [0.717, 1.165) is 33.7 Å². The van der Waals surface area contributed by atoms with Crippen LogP contribution in [0.3, 0.4) is 0 Å². The van der Waals surface area contributed by atoms with E-state index in [1.807, 2.05) is 0 Å². The normalized spacial score (nSPS) is 11.8. The third kappa shape index (κ3) is 4.43. The zero-order valence-corrected chi connectivity index (χ0v) is 28.9. The minimum Gasteiger partial charge on any atom is -0.292 e. The lowest BCUT2D eigenvalue weighted by molar-refractivity contribution is 1.10. The van der Waals surface area contributed by atoms with Crippen molar-refractivity contribution in [2.24, 2.45) is 0 Å². The first-order valence-electron chi connectivity index (χ1n) is 18.2. The number of para-hydroxylation sites is 3. The fraction of sp³-hybridized carbons (Fsp3) is 0. The van der Waals surface area contributed by atoms with Crippen molar-refractivity contribution in [1.82, 2.24) is 9.55 Å². The van der Waals surface area contributed by atoms with Crippen molar-refractivity contribution in [2.75, 3.05) is 0 Å². The van der Waals surface area contributed by atoms with Crippen LogP contribution in [0.15, 0.2) is 194 Å². The number of aromatic nitrogens is 2. The molecule has 0 bridgehead atoms. The smallest absolute Gasteiger partial charge is 0.146 e. The molecule has 0 aliphatic heterocycles. The molecule has 0 fully saturated rings. The fourth-order valence-corrected chi connectivity index (χ4v) is 8.80. The largest absolute Gasteiger partial charge is 0.292 e. The first-order chi connectivity index (χ1) is 26.3. The summed E-state index contributed by atoms with van der Waals surface area (Å²) in [7, 11) is 0. The molecule has 11 rings (SSSR count). The number of rotatable bonds is 5. The first-order valence-corrected chi connectivity index (χ1v) is 18.2. The van der Waals surface area contributed by atoms with Gasteiger partial charge < -0.3 is 0 Å². The molecule has 1 aliphatic carbocycles. The highest BCUT2D eigenvalue weighted by molar-refractivity contribution is 6.29. The van der Waals surface area contributed by atoms with Gasteiger partial charge in [-0.25, -0.2) is 4.98 Å². The van der Waals surface area contributed by atoms with Crippen molar-refractivity contribution < 1.29 is 0 Å². The van der Waals surface area contributed by atoms with Crippen LogP contribution < -0.4 is 0 Å². The Morgan fingerprint density at radius 2 is 0.811 bits per heavy atom. The SMILES string of the molecule is c1ccc(-c2c3c(c(-c4ccccc4)c4ccccc24)-c2ccc(-c4ccccc4-c4nc5ccccc5n4-c4ccccc4)c4cccc-3c24)cc1. The molecule has 1 aliphatic rings. The van der Waals surface area contributed by atoms with E-state index in [2.05, 4.69) is 199 Å². The predicted octanol–water partition coefficient (Wildman–Crippen LogP) is 13.6. The highest BCUT2D eigenvalue weighted by Gasteiger charge is 2.31. The third-order valence-corrected chi connectivity index (χ3v) is 11.0. The molecule has 1 heterocycles. The van der Waals surface area contributed by atoms with E-state index in [1.54, 1.807) is 0 Å². The lowest BCUT2D eigenvalue weighted by Crippen LogP contribution is -1.98. The van der Waals surface area contributed by atoms with Crippen LogP contribution in [0.2, 0.25) is 0 Å². The van der Waals surface area contributed by atoms with Gasteiger partial charge in [-0.1, -0.05) is 170 Å². The highest BCUT2D eigenvalue weighted by Crippen LogP contribution is 2.58. The van der Waals surface area contributed by atoms with E-state index < -0.39 is 0 Å². The molecule has 246 valence electrons. The van der Waals surface area contributed by atoms with Crippen LogP contribution in [0.4, 0.5) is 0 Å². The molecule has 53 heavy (non-hydrogen) atoms. The Balaban J connectivity index is 1.22. The topological polar surface area (TPSA) is 17.8 Å². The highest BCUT2D eigenvalue weighted by atomic mass is 15.1. The van der Waals surface area contributed by atoms with Gasteiger partial charge in [0.05, 0.1) is 11.0 Å². The second-order valence-corrected chi connectivity index (χ2v) is 13.8. The van der Waals surface area contributed by atoms with Crippen molar-refractivity contribution in [3.8, 4) is 72.7 Å². The van der Waals surface area contributed by atoms with Crippen LogP contribution in [-0.4, -0.2) is 9.55 Å². The van der Waals surface area contributed by atoms with Gasteiger partial charge >= 0.3 is 0 Å². The summed E-state index contributed by atoms with van der Waals surface area (Å²) in [4.78, 5) is 5.29. The first kappa shape index (κ1) is 29.7. The zero-order valence-electron chi connectivity index (χ0n) is 28.9. The monoisotopic (exact) mass is 672 g/mol. The Morgan fingerprint density at radius 3 is 1.49 bits per heavy atom. The summed E-state index contributed by atoms with van der Waals surface area (Å²) < 4.78 is 2.30. The van der Waals surface area contributed by atoms with E-state index in [9.17, 15) is 0 Å². The van der Waals surface area contributed by atoms with E-state index in [0.29, 0.717) is 0 Å². The van der Waals surface area contributed by atoms with Gasteiger partial charge in [0.15, 0.2) is 0 Å². The number of imidazole rings is 1. The molecule has 0 amide bonds. The van der Waals surface area contributed by atoms with Crippen molar-refractivity contribution in [3.63, 3.8) is 0 Å². The molecule has 0 N–H and O–H groups in total. The molecule has 0 spiro atoms. The van der Waals surface area contributed by atoms with Crippen LogP contribution >= 0.6 is 0 Å². The summed E-state index contributed by atoms with van der Waals surface area (Å²) in [6.07, 6.45) is 0.